The summed E-state index contributed by atoms with van der Waals surface area (Å²) >= 11 is 5.80. The Hall–Kier alpha value is -2.68. The molecule has 1 aliphatic heterocycles. The molecule has 2 aromatic rings. The third-order valence-corrected chi connectivity index (χ3v) is 6.58. The molecule has 9 heteroatoms. The predicted octanol–water partition coefficient (Wildman–Crippen LogP) is 2.60. The zero-order chi connectivity index (χ0) is 20.9. The van der Waals surface area contributed by atoms with Gasteiger partial charge in [0.05, 0.1) is 4.90 Å². The number of hydrazine groups is 1. The van der Waals surface area contributed by atoms with E-state index in [-0.39, 0.29) is 10.5 Å². The minimum Gasteiger partial charge on any atom is -0.268 e. The molecular formula is C20H20ClN3O4S. The van der Waals surface area contributed by atoms with Gasteiger partial charge in [0, 0.05) is 29.8 Å². The Bertz CT molecular complexity index is 1010. The zero-order valence-electron chi connectivity index (χ0n) is 15.5. The van der Waals surface area contributed by atoms with E-state index in [9.17, 15) is 18.0 Å². The zero-order valence-corrected chi connectivity index (χ0v) is 17.0. The second-order valence-corrected chi connectivity index (χ2v) is 8.84. The number of rotatable bonds is 5. The van der Waals surface area contributed by atoms with Crippen LogP contribution in [0.25, 0.3) is 6.08 Å². The topological polar surface area (TPSA) is 95.6 Å². The van der Waals surface area contributed by atoms with E-state index in [0.717, 1.165) is 18.4 Å². The summed E-state index contributed by atoms with van der Waals surface area (Å²) in [4.78, 5) is 24.1. The number of halogens is 1. The largest absolute Gasteiger partial charge is 0.269 e. The number of hydrogen-bond donors (Lipinski definition) is 2. The van der Waals surface area contributed by atoms with Crippen molar-refractivity contribution >= 4 is 39.5 Å². The Morgan fingerprint density at radius 3 is 2.17 bits per heavy atom. The summed E-state index contributed by atoms with van der Waals surface area (Å²) in [7, 11) is -3.53. The summed E-state index contributed by atoms with van der Waals surface area (Å²) < 4.78 is 26.4. The molecule has 3 rings (SSSR count). The van der Waals surface area contributed by atoms with Gasteiger partial charge in [-0.15, -0.1) is 0 Å². The van der Waals surface area contributed by atoms with Crippen molar-refractivity contribution in [2.24, 2.45) is 0 Å². The highest BCUT2D eigenvalue weighted by Gasteiger charge is 2.27. The van der Waals surface area contributed by atoms with Crippen molar-refractivity contribution in [3.63, 3.8) is 0 Å². The molecule has 1 heterocycles. The molecule has 0 atom stereocenters. The first-order chi connectivity index (χ1) is 13.9. The van der Waals surface area contributed by atoms with Crippen LogP contribution in [0.4, 0.5) is 0 Å². The molecule has 1 fully saturated rings. The maximum absolute atomic E-state index is 12.5. The molecule has 152 valence electrons. The van der Waals surface area contributed by atoms with Gasteiger partial charge < -0.3 is 0 Å². The van der Waals surface area contributed by atoms with E-state index in [2.05, 4.69) is 10.9 Å². The fourth-order valence-corrected chi connectivity index (χ4v) is 4.48. The average Bonchev–Trinajstić information content (AvgIpc) is 3.27. The van der Waals surface area contributed by atoms with Crippen LogP contribution in [0.15, 0.2) is 59.5 Å². The van der Waals surface area contributed by atoms with Gasteiger partial charge in [0.15, 0.2) is 0 Å². The highest BCUT2D eigenvalue weighted by Crippen LogP contribution is 2.21. The number of carbonyl (C=O) groups is 2. The lowest BCUT2D eigenvalue weighted by Gasteiger charge is -2.15. The smallest absolute Gasteiger partial charge is 0.268 e. The van der Waals surface area contributed by atoms with Crippen molar-refractivity contribution in [1.29, 1.82) is 0 Å². The van der Waals surface area contributed by atoms with E-state index in [4.69, 9.17) is 11.6 Å². The molecule has 29 heavy (non-hydrogen) atoms. The van der Waals surface area contributed by atoms with Crippen LogP contribution in [-0.2, 0) is 14.8 Å². The molecule has 0 aliphatic carbocycles. The minimum atomic E-state index is -3.53. The lowest BCUT2D eigenvalue weighted by atomic mass is 10.2. The predicted molar refractivity (Wildman–Crippen MR) is 111 cm³/mol. The van der Waals surface area contributed by atoms with E-state index in [1.165, 1.54) is 34.6 Å². The van der Waals surface area contributed by atoms with Crippen LogP contribution < -0.4 is 10.9 Å². The fraction of sp³-hybridized carbons (Fsp3) is 0.200. The van der Waals surface area contributed by atoms with Gasteiger partial charge in [0.1, 0.15) is 0 Å². The molecule has 0 radical (unpaired) electrons. The van der Waals surface area contributed by atoms with Gasteiger partial charge in [-0.3, -0.25) is 20.4 Å². The molecule has 0 bridgehead atoms. The second-order valence-electron chi connectivity index (χ2n) is 6.46. The maximum atomic E-state index is 12.5. The molecule has 2 amide bonds. The quantitative estimate of drug-likeness (QED) is 0.559. The number of amides is 2. The molecule has 0 unspecified atom stereocenters. The normalized spacial score (nSPS) is 14.8. The number of nitrogens with one attached hydrogen (secondary N) is 2. The molecular weight excluding hydrogens is 414 g/mol. The monoisotopic (exact) mass is 433 g/mol. The summed E-state index contributed by atoms with van der Waals surface area (Å²) in [5, 5.41) is 0.595. The van der Waals surface area contributed by atoms with Gasteiger partial charge in [-0.1, -0.05) is 23.7 Å². The van der Waals surface area contributed by atoms with Crippen LogP contribution in [0, 0.1) is 0 Å². The summed E-state index contributed by atoms with van der Waals surface area (Å²) in [6.45, 7) is 1.03. The molecule has 0 spiro atoms. The number of nitrogens with zero attached hydrogens (tertiary/aromatic N) is 1. The SMILES string of the molecule is O=C(/C=C/c1ccc(Cl)cc1)NNC(=O)c1ccc(S(=O)(=O)N2CCCC2)cc1. The standard InChI is InChI=1S/C20H20ClN3O4S/c21-17-8-3-15(4-9-17)5-12-19(25)22-23-20(26)16-6-10-18(11-7-16)29(27,28)24-13-1-2-14-24/h3-12H,1-2,13-14H2,(H,22,25)(H,23,26)/b12-5+. The van der Waals surface area contributed by atoms with E-state index < -0.39 is 21.8 Å². The number of benzene rings is 2. The van der Waals surface area contributed by atoms with Crippen LogP contribution in [0.5, 0.6) is 0 Å². The van der Waals surface area contributed by atoms with E-state index in [0.29, 0.717) is 18.1 Å². The van der Waals surface area contributed by atoms with Gasteiger partial charge in [0.25, 0.3) is 11.8 Å². The van der Waals surface area contributed by atoms with E-state index in [1.807, 2.05) is 0 Å². The number of sulfonamides is 1. The Labute approximate surface area is 174 Å². The van der Waals surface area contributed by atoms with Crippen molar-refractivity contribution in [2.75, 3.05) is 13.1 Å². The Kier molecular flexibility index (Phi) is 6.68. The second kappa shape index (κ2) is 9.21. The molecule has 1 aliphatic rings. The van der Waals surface area contributed by atoms with Crippen molar-refractivity contribution in [1.82, 2.24) is 15.2 Å². The average molecular weight is 434 g/mol. The third kappa shape index (κ3) is 5.44. The Morgan fingerprint density at radius 2 is 1.55 bits per heavy atom. The molecule has 1 saturated heterocycles. The van der Waals surface area contributed by atoms with Crippen LogP contribution >= 0.6 is 11.6 Å². The van der Waals surface area contributed by atoms with E-state index in [1.54, 1.807) is 30.3 Å². The van der Waals surface area contributed by atoms with Crippen LogP contribution in [0.1, 0.15) is 28.8 Å². The molecule has 2 N–H and O–H groups in total. The summed E-state index contributed by atoms with van der Waals surface area (Å²) in [6.07, 6.45) is 4.56. The number of hydrogen-bond acceptors (Lipinski definition) is 4. The molecule has 0 saturated carbocycles. The van der Waals surface area contributed by atoms with Crippen molar-refractivity contribution in [2.45, 2.75) is 17.7 Å². The summed E-state index contributed by atoms with van der Waals surface area (Å²) in [6, 6.07) is 12.5. The first-order valence-electron chi connectivity index (χ1n) is 9.00. The molecule has 0 aromatic heterocycles. The van der Waals surface area contributed by atoms with Crippen molar-refractivity contribution in [3.05, 3.63) is 70.8 Å². The summed E-state index contributed by atoms with van der Waals surface area (Å²) in [5.41, 5.74) is 5.57. The summed E-state index contributed by atoms with van der Waals surface area (Å²) in [5.74, 6) is -1.06. The van der Waals surface area contributed by atoms with Gasteiger partial charge in [-0.2, -0.15) is 4.31 Å². The highest BCUT2D eigenvalue weighted by atomic mass is 35.5. The molecule has 7 nitrogen and oxygen atoms in total. The molecule has 2 aromatic carbocycles. The first-order valence-corrected chi connectivity index (χ1v) is 10.8. The lowest BCUT2D eigenvalue weighted by Crippen LogP contribution is -2.40. The van der Waals surface area contributed by atoms with Crippen LogP contribution in [0.3, 0.4) is 0 Å². The van der Waals surface area contributed by atoms with Gasteiger partial charge >= 0.3 is 0 Å². The van der Waals surface area contributed by atoms with Gasteiger partial charge in [-0.05, 0) is 60.9 Å². The third-order valence-electron chi connectivity index (χ3n) is 4.42. The van der Waals surface area contributed by atoms with Crippen molar-refractivity contribution in [3.8, 4) is 0 Å². The first kappa shape index (κ1) is 21.0. The highest BCUT2D eigenvalue weighted by molar-refractivity contribution is 7.89. The number of carbonyl (C=O) groups excluding carboxylic acids is 2. The van der Waals surface area contributed by atoms with Crippen LogP contribution in [-0.4, -0.2) is 37.6 Å². The van der Waals surface area contributed by atoms with Crippen molar-refractivity contribution < 1.29 is 18.0 Å². The van der Waals surface area contributed by atoms with Gasteiger partial charge in [-0.25, -0.2) is 8.42 Å². The Morgan fingerprint density at radius 1 is 0.931 bits per heavy atom. The fourth-order valence-electron chi connectivity index (χ4n) is 2.83. The van der Waals surface area contributed by atoms with Gasteiger partial charge in [0.2, 0.25) is 10.0 Å². The lowest BCUT2D eigenvalue weighted by molar-refractivity contribution is -0.117. The Balaban J connectivity index is 1.55. The minimum absolute atomic E-state index is 0.144. The van der Waals surface area contributed by atoms with E-state index >= 15 is 0 Å². The van der Waals surface area contributed by atoms with Crippen LogP contribution in [0.2, 0.25) is 5.02 Å². The maximum Gasteiger partial charge on any atom is 0.269 e.